The normalized spacial score (nSPS) is 18.1. The molecule has 0 spiro atoms. The van der Waals surface area contributed by atoms with Crippen molar-refractivity contribution < 1.29 is 8.78 Å². The molecule has 0 atom stereocenters. The van der Waals surface area contributed by atoms with Crippen LogP contribution in [-0.4, -0.2) is 18.4 Å². The summed E-state index contributed by atoms with van der Waals surface area (Å²) in [4.78, 5) is 1.61. The topological polar surface area (TPSA) is 3.24 Å². The Balaban J connectivity index is 2.99. The molecule has 0 unspecified atom stereocenters. The second-order valence-electron chi connectivity index (χ2n) is 2.83. The second kappa shape index (κ2) is 3.09. The van der Waals surface area contributed by atoms with E-state index in [1.807, 2.05) is 0 Å². The number of allylic oxidation sites excluding steroid dienone is 3. The molecule has 66 valence electrons. The average molecular weight is 171 g/mol. The van der Waals surface area contributed by atoms with Gasteiger partial charge in [0.25, 0.3) is 6.43 Å². The second-order valence-corrected chi connectivity index (χ2v) is 2.83. The van der Waals surface area contributed by atoms with Crippen molar-refractivity contribution in [3.63, 3.8) is 0 Å². The lowest BCUT2D eigenvalue weighted by molar-refractivity contribution is 0.187. The zero-order valence-electron chi connectivity index (χ0n) is 7.14. The molecule has 0 aromatic carbocycles. The Labute approximate surface area is 70.7 Å². The largest absolute Gasteiger partial charge is 0.351 e. The maximum atomic E-state index is 12.3. The van der Waals surface area contributed by atoms with Crippen LogP contribution in [0.25, 0.3) is 0 Å². The van der Waals surface area contributed by atoms with Gasteiger partial charge in [-0.1, -0.05) is 6.58 Å². The van der Waals surface area contributed by atoms with Crippen molar-refractivity contribution in [3.8, 4) is 0 Å². The third kappa shape index (κ3) is 1.55. The molecule has 1 aliphatic heterocycles. The minimum Gasteiger partial charge on any atom is -0.351 e. The van der Waals surface area contributed by atoms with E-state index in [2.05, 4.69) is 6.58 Å². The van der Waals surface area contributed by atoms with Gasteiger partial charge in [0.15, 0.2) is 0 Å². The van der Waals surface area contributed by atoms with E-state index in [0.717, 1.165) is 5.57 Å². The molecule has 0 saturated heterocycles. The quantitative estimate of drug-likeness (QED) is 0.586. The van der Waals surface area contributed by atoms with Crippen LogP contribution in [0.2, 0.25) is 0 Å². The van der Waals surface area contributed by atoms with Gasteiger partial charge in [-0.25, -0.2) is 8.78 Å². The molecule has 0 radical (unpaired) electrons. The zero-order chi connectivity index (χ0) is 9.30. The fourth-order valence-corrected chi connectivity index (χ4v) is 1.14. The number of hydrogen-bond acceptors (Lipinski definition) is 1. The van der Waals surface area contributed by atoms with Crippen LogP contribution in [-0.2, 0) is 0 Å². The van der Waals surface area contributed by atoms with E-state index >= 15 is 0 Å². The van der Waals surface area contributed by atoms with Gasteiger partial charge in [0, 0.05) is 24.5 Å². The molecular weight excluding hydrogens is 160 g/mol. The first kappa shape index (κ1) is 8.97. The van der Waals surface area contributed by atoms with E-state index in [4.69, 9.17) is 0 Å². The summed E-state index contributed by atoms with van der Waals surface area (Å²) in [6, 6.07) is 0. The van der Waals surface area contributed by atoms with Crippen LogP contribution in [0.5, 0.6) is 0 Å². The Morgan fingerprint density at radius 2 is 2.08 bits per heavy atom. The van der Waals surface area contributed by atoms with Gasteiger partial charge in [-0.2, -0.15) is 0 Å². The minimum atomic E-state index is -2.44. The van der Waals surface area contributed by atoms with Crippen LogP contribution >= 0.6 is 0 Å². The highest BCUT2D eigenvalue weighted by Crippen LogP contribution is 2.25. The van der Waals surface area contributed by atoms with Crippen molar-refractivity contribution in [2.24, 2.45) is 0 Å². The average Bonchev–Trinajstić information content (AvgIpc) is 1.96. The first-order chi connectivity index (χ1) is 5.52. The molecule has 0 amide bonds. The fourth-order valence-electron chi connectivity index (χ4n) is 1.14. The summed E-state index contributed by atoms with van der Waals surface area (Å²) in [5.74, 6) is 0. The molecule has 0 N–H and O–H groups in total. The monoisotopic (exact) mass is 171 g/mol. The zero-order valence-corrected chi connectivity index (χ0v) is 7.14. The van der Waals surface area contributed by atoms with Crippen LogP contribution in [0.4, 0.5) is 8.78 Å². The van der Waals surface area contributed by atoms with Gasteiger partial charge in [-0.3, -0.25) is 0 Å². The summed E-state index contributed by atoms with van der Waals surface area (Å²) in [6.07, 6.45) is 0.796. The molecule has 0 aromatic rings. The molecule has 1 aliphatic rings. The molecule has 12 heavy (non-hydrogen) atoms. The SMILES string of the molecule is C=C1C(C(F)F)=CC(C)=CN1C. The summed E-state index contributed by atoms with van der Waals surface area (Å²) in [5, 5.41) is 0. The molecule has 1 nitrogen and oxygen atoms in total. The number of nitrogens with zero attached hydrogens (tertiary/aromatic N) is 1. The number of likely N-dealkylation sites (N-methyl/N-ethyl adjacent to an activating group) is 1. The summed E-state index contributed by atoms with van der Waals surface area (Å²) in [7, 11) is 1.71. The highest BCUT2D eigenvalue weighted by atomic mass is 19.3. The van der Waals surface area contributed by atoms with Gasteiger partial charge in [0.1, 0.15) is 0 Å². The summed E-state index contributed by atoms with van der Waals surface area (Å²) < 4.78 is 24.7. The third-order valence-electron chi connectivity index (χ3n) is 1.77. The van der Waals surface area contributed by atoms with Crippen molar-refractivity contribution in [2.75, 3.05) is 7.05 Å². The van der Waals surface area contributed by atoms with Crippen LogP contribution < -0.4 is 0 Å². The lowest BCUT2D eigenvalue weighted by Crippen LogP contribution is -2.18. The van der Waals surface area contributed by atoms with Crippen molar-refractivity contribution >= 4 is 0 Å². The van der Waals surface area contributed by atoms with Crippen molar-refractivity contribution in [1.82, 2.24) is 4.90 Å². The molecule has 0 bridgehead atoms. The Bertz CT molecular complexity index is 264. The van der Waals surface area contributed by atoms with Crippen molar-refractivity contribution in [3.05, 3.63) is 35.7 Å². The molecule has 0 saturated carbocycles. The Morgan fingerprint density at radius 3 is 2.58 bits per heavy atom. The van der Waals surface area contributed by atoms with Crippen LogP contribution in [0.3, 0.4) is 0 Å². The summed E-state index contributed by atoms with van der Waals surface area (Å²) >= 11 is 0. The standard InChI is InChI=1S/C9H11F2N/c1-6-4-8(9(10)11)7(2)12(3)5-6/h4-5,9H,2H2,1,3H3. The molecule has 0 aliphatic carbocycles. The molecule has 3 heteroatoms. The van der Waals surface area contributed by atoms with Gasteiger partial charge in [0.05, 0.1) is 0 Å². The number of hydrogen-bond donors (Lipinski definition) is 0. The van der Waals surface area contributed by atoms with Crippen molar-refractivity contribution in [1.29, 1.82) is 0 Å². The highest BCUT2D eigenvalue weighted by Gasteiger charge is 2.19. The first-order valence-corrected chi connectivity index (χ1v) is 3.62. The fraction of sp³-hybridized carbons (Fsp3) is 0.333. The van der Waals surface area contributed by atoms with Crippen LogP contribution in [0, 0.1) is 0 Å². The predicted molar refractivity (Wildman–Crippen MR) is 44.7 cm³/mol. The van der Waals surface area contributed by atoms with Gasteiger partial charge in [0.2, 0.25) is 0 Å². The third-order valence-corrected chi connectivity index (χ3v) is 1.77. The maximum absolute atomic E-state index is 12.3. The van der Waals surface area contributed by atoms with E-state index < -0.39 is 6.43 Å². The molecule has 1 rings (SSSR count). The van der Waals surface area contributed by atoms with Gasteiger partial charge >= 0.3 is 0 Å². The Morgan fingerprint density at radius 1 is 1.50 bits per heavy atom. The molecular formula is C9H11F2N. The number of alkyl halides is 2. The Kier molecular flexibility index (Phi) is 2.31. The van der Waals surface area contributed by atoms with Gasteiger partial charge in [-0.05, 0) is 18.6 Å². The number of halogens is 2. The van der Waals surface area contributed by atoms with E-state index in [-0.39, 0.29) is 5.57 Å². The van der Waals surface area contributed by atoms with Crippen LogP contribution in [0.1, 0.15) is 6.92 Å². The van der Waals surface area contributed by atoms with Gasteiger partial charge < -0.3 is 4.90 Å². The summed E-state index contributed by atoms with van der Waals surface area (Å²) in [6.45, 7) is 5.35. The molecule has 0 aromatic heterocycles. The van der Waals surface area contributed by atoms with Gasteiger partial charge in [-0.15, -0.1) is 0 Å². The first-order valence-electron chi connectivity index (χ1n) is 3.62. The van der Waals surface area contributed by atoms with Crippen molar-refractivity contribution in [2.45, 2.75) is 13.3 Å². The molecule has 1 heterocycles. The predicted octanol–water partition coefficient (Wildman–Crippen LogP) is 2.54. The minimum absolute atomic E-state index is 0.0116. The van der Waals surface area contributed by atoms with E-state index in [9.17, 15) is 8.78 Å². The molecule has 0 fully saturated rings. The summed E-state index contributed by atoms with van der Waals surface area (Å²) in [5.41, 5.74) is 1.20. The highest BCUT2D eigenvalue weighted by molar-refractivity contribution is 5.40. The van der Waals surface area contributed by atoms with Crippen LogP contribution in [0.15, 0.2) is 35.7 Å². The smallest absolute Gasteiger partial charge is 0.265 e. The van der Waals surface area contributed by atoms with E-state index in [1.165, 1.54) is 6.08 Å². The lowest BCUT2D eigenvalue weighted by atomic mass is 10.1. The van der Waals surface area contributed by atoms with E-state index in [1.54, 1.807) is 25.1 Å². The van der Waals surface area contributed by atoms with E-state index in [0.29, 0.717) is 5.70 Å². The maximum Gasteiger partial charge on any atom is 0.265 e. The lowest BCUT2D eigenvalue weighted by Gasteiger charge is -2.24. The number of rotatable bonds is 1. The Hall–Kier alpha value is -1.12.